The molecule has 0 radical (unpaired) electrons. The second kappa shape index (κ2) is 6.30. The van der Waals surface area contributed by atoms with Crippen LogP contribution in [0.5, 0.6) is 0 Å². The monoisotopic (exact) mass is 351 g/mol. The average molecular weight is 352 g/mol. The van der Waals surface area contributed by atoms with Crippen LogP contribution in [-0.4, -0.2) is 29.2 Å². The minimum Gasteiger partial charge on any atom is -0.423 e. The molecule has 3 rings (SSSR count). The lowest BCUT2D eigenvalue weighted by atomic mass is 10.0. The second-order valence-electron chi connectivity index (χ2n) is 5.53. The summed E-state index contributed by atoms with van der Waals surface area (Å²) < 4.78 is 6.16. The summed E-state index contributed by atoms with van der Waals surface area (Å²) in [6, 6.07) is 7.50. The molecule has 1 aliphatic heterocycles. The number of benzene rings is 1. The van der Waals surface area contributed by atoms with Crippen molar-refractivity contribution in [3.8, 4) is 0 Å². The molecular formula is C16H18BrNO3. The van der Waals surface area contributed by atoms with Gasteiger partial charge in [0, 0.05) is 28.5 Å². The molecule has 1 saturated heterocycles. The first kappa shape index (κ1) is 14.8. The van der Waals surface area contributed by atoms with Crippen LogP contribution >= 0.6 is 15.9 Å². The lowest BCUT2D eigenvalue weighted by molar-refractivity contribution is 0.0843. The molecule has 0 bridgehead atoms. The number of aliphatic hydroxyl groups excluding tert-OH is 1. The number of likely N-dealkylation sites (tertiary alicyclic amines) is 1. The molecule has 0 saturated carbocycles. The Bertz CT molecular complexity index is 697. The van der Waals surface area contributed by atoms with Gasteiger partial charge in [-0.15, -0.1) is 0 Å². The van der Waals surface area contributed by atoms with Crippen molar-refractivity contribution in [2.24, 2.45) is 0 Å². The van der Waals surface area contributed by atoms with E-state index >= 15 is 0 Å². The molecule has 21 heavy (non-hydrogen) atoms. The maximum absolute atomic E-state index is 11.8. The van der Waals surface area contributed by atoms with E-state index in [1.807, 2.05) is 18.2 Å². The second-order valence-corrected chi connectivity index (χ2v) is 6.45. The molecule has 2 heterocycles. The lowest BCUT2D eigenvalue weighted by Crippen LogP contribution is -2.41. The Labute approximate surface area is 131 Å². The molecule has 0 amide bonds. The molecule has 2 aromatic rings. The van der Waals surface area contributed by atoms with Crippen LogP contribution in [-0.2, 0) is 6.54 Å². The van der Waals surface area contributed by atoms with E-state index in [9.17, 15) is 9.90 Å². The van der Waals surface area contributed by atoms with Gasteiger partial charge in [0.2, 0.25) is 0 Å². The van der Waals surface area contributed by atoms with Crippen LogP contribution in [0.1, 0.15) is 24.8 Å². The summed E-state index contributed by atoms with van der Waals surface area (Å²) in [7, 11) is 0. The van der Waals surface area contributed by atoms with E-state index in [4.69, 9.17) is 4.42 Å². The number of aliphatic hydroxyl groups is 1. The molecule has 1 fully saturated rings. The first-order chi connectivity index (χ1) is 10.2. The highest BCUT2D eigenvalue weighted by Gasteiger charge is 2.22. The SMILES string of the molecule is O=c1cc(CN2CCCCC2CO)c2ccc(Br)cc2o1. The molecule has 1 aromatic heterocycles. The molecule has 1 aliphatic rings. The fraction of sp³-hybridized carbons (Fsp3) is 0.438. The standard InChI is InChI=1S/C16H18BrNO3/c17-12-4-5-14-11(7-16(20)21-15(14)8-12)9-18-6-2-1-3-13(18)10-19/h4-5,7-8,13,19H,1-3,6,9-10H2. The van der Waals surface area contributed by atoms with Gasteiger partial charge in [-0.3, -0.25) is 4.90 Å². The highest BCUT2D eigenvalue weighted by molar-refractivity contribution is 9.10. The number of rotatable bonds is 3. The third-order valence-electron chi connectivity index (χ3n) is 4.13. The van der Waals surface area contributed by atoms with Crippen LogP contribution in [0.15, 0.2) is 37.9 Å². The Morgan fingerprint density at radius 1 is 1.33 bits per heavy atom. The fourth-order valence-electron chi connectivity index (χ4n) is 3.03. The molecule has 1 N–H and O–H groups in total. The van der Waals surface area contributed by atoms with Crippen LogP contribution in [0.3, 0.4) is 0 Å². The smallest absolute Gasteiger partial charge is 0.336 e. The van der Waals surface area contributed by atoms with Crippen molar-refractivity contribution in [1.82, 2.24) is 4.90 Å². The van der Waals surface area contributed by atoms with Crippen molar-refractivity contribution in [2.45, 2.75) is 31.8 Å². The van der Waals surface area contributed by atoms with Gasteiger partial charge in [0.15, 0.2) is 0 Å². The molecule has 112 valence electrons. The summed E-state index contributed by atoms with van der Waals surface area (Å²) in [5.74, 6) is 0. The van der Waals surface area contributed by atoms with E-state index in [-0.39, 0.29) is 18.3 Å². The van der Waals surface area contributed by atoms with Crippen molar-refractivity contribution >= 4 is 26.9 Å². The fourth-order valence-corrected chi connectivity index (χ4v) is 3.37. The summed E-state index contributed by atoms with van der Waals surface area (Å²) in [5.41, 5.74) is 1.24. The summed E-state index contributed by atoms with van der Waals surface area (Å²) in [6.07, 6.45) is 3.31. The average Bonchev–Trinajstić information content (AvgIpc) is 2.47. The first-order valence-corrected chi connectivity index (χ1v) is 8.04. The predicted molar refractivity (Wildman–Crippen MR) is 85.3 cm³/mol. The minimum atomic E-state index is -0.326. The van der Waals surface area contributed by atoms with E-state index in [1.165, 1.54) is 0 Å². The van der Waals surface area contributed by atoms with Crippen molar-refractivity contribution in [1.29, 1.82) is 0 Å². The number of nitrogens with zero attached hydrogens (tertiary/aromatic N) is 1. The Kier molecular flexibility index (Phi) is 4.42. The van der Waals surface area contributed by atoms with Crippen LogP contribution in [0, 0.1) is 0 Å². The molecule has 0 aliphatic carbocycles. The van der Waals surface area contributed by atoms with Crippen molar-refractivity contribution in [2.75, 3.05) is 13.2 Å². The largest absolute Gasteiger partial charge is 0.423 e. The van der Waals surface area contributed by atoms with E-state index in [2.05, 4.69) is 20.8 Å². The number of hydrogen-bond donors (Lipinski definition) is 1. The number of piperidine rings is 1. The maximum atomic E-state index is 11.8. The normalized spacial score (nSPS) is 20.0. The zero-order valence-electron chi connectivity index (χ0n) is 11.7. The number of fused-ring (bicyclic) bond motifs is 1. The quantitative estimate of drug-likeness (QED) is 0.863. The third-order valence-corrected chi connectivity index (χ3v) is 4.62. The Morgan fingerprint density at radius 3 is 3.00 bits per heavy atom. The van der Waals surface area contributed by atoms with Crippen LogP contribution in [0.2, 0.25) is 0 Å². The van der Waals surface area contributed by atoms with Crippen LogP contribution in [0.4, 0.5) is 0 Å². The van der Waals surface area contributed by atoms with Gasteiger partial charge < -0.3 is 9.52 Å². The van der Waals surface area contributed by atoms with Gasteiger partial charge in [0.25, 0.3) is 0 Å². The maximum Gasteiger partial charge on any atom is 0.336 e. The van der Waals surface area contributed by atoms with E-state index < -0.39 is 0 Å². The highest BCUT2D eigenvalue weighted by Crippen LogP contribution is 2.25. The van der Waals surface area contributed by atoms with Gasteiger partial charge >= 0.3 is 5.63 Å². The van der Waals surface area contributed by atoms with Gasteiger partial charge in [-0.2, -0.15) is 0 Å². The van der Waals surface area contributed by atoms with E-state index in [0.717, 1.165) is 41.2 Å². The summed E-state index contributed by atoms with van der Waals surface area (Å²) in [5, 5.41) is 10.5. The van der Waals surface area contributed by atoms with E-state index in [1.54, 1.807) is 6.07 Å². The Balaban J connectivity index is 1.97. The molecule has 0 spiro atoms. The molecule has 1 unspecified atom stereocenters. The van der Waals surface area contributed by atoms with Crippen molar-refractivity contribution in [3.63, 3.8) is 0 Å². The highest BCUT2D eigenvalue weighted by atomic mass is 79.9. The lowest BCUT2D eigenvalue weighted by Gasteiger charge is -2.34. The molecule has 5 heteroatoms. The van der Waals surface area contributed by atoms with Gasteiger partial charge in [0.1, 0.15) is 5.58 Å². The summed E-state index contributed by atoms with van der Waals surface area (Å²) >= 11 is 3.40. The van der Waals surface area contributed by atoms with Crippen molar-refractivity contribution in [3.05, 3.63) is 44.7 Å². The van der Waals surface area contributed by atoms with Gasteiger partial charge in [-0.25, -0.2) is 4.79 Å². The first-order valence-electron chi connectivity index (χ1n) is 7.24. The summed E-state index contributed by atoms with van der Waals surface area (Å²) in [6.45, 7) is 1.81. The summed E-state index contributed by atoms with van der Waals surface area (Å²) in [4.78, 5) is 14.0. The number of hydrogen-bond acceptors (Lipinski definition) is 4. The van der Waals surface area contributed by atoms with Gasteiger partial charge in [-0.1, -0.05) is 22.4 Å². The molecular weight excluding hydrogens is 334 g/mol. The Hall–Kier alpha value is -1.17. The van der Waals surface area contributed by atoms with Crippen LogP contribution in [0.25, 0.3) is 11.0 Å². The zero-order chi connectivity index (χ0) is 14.8. The zero-order valence-corrected chi connectivity index (χ0v) is 13.3. The number of halogens is 1. The minimum absolute atomic E-state index is 0.172. The van der Waals surface area contributed by atoms with Gasteiger partial charge in [-0.05, 0) is 43.1 Å². The van der Waals surface area contributed by atoms with Crippen LogP contribution < -0.4 is 5.63 Å². The predicted octanol–water partition coefficient (Wildman–Crippen LogP) is 2.90. The van der Waals surface area contributed by atoms with Crippen molar-refractivity contribution < 1.29 is 9.52 Å². The molecule has 1 aromatic carbocycles. The van der Waals surface area contributed by atoms with Gasteiger partial charge in [0.05, 0.1) is 6.61 Å². The Morgan fingerprint density at radius 2 is 2.19 bits per heavy atom. The third kappa shape index (κ3) is 3.20. The van der Waals surface area contributed by atoms with E-state index in [0.29, 0.717) is 12.1 Å². The topological polar surface area (TPSA) is 53.7 Å². The molecule has 1 atom stereocenters. The molecule has 4 nitrogen and oxygen atoms in total.